The molecule has 96 valence electrons. The Balaban J connectivity index is 2.12. The third kappa shape index (κ3) is 2.10. The Morgan fingerprint density at radius 2 is 2.00 bits per heavy atom. The van der Waals surface area contributed by atoms with E-state index in [-0.39, 0.29) is 11.6 Å². The fraction of sp³-hybridized carbons (Fsp3) is 0.133. The molecular weight excluding hydrogens is 246 g/mol. The summed E-state index contributed by atoms with van der Waals surface area (Å²) >= 11 is 0. The maximum absolute atomic E-state index is 13.6. The number of aromatic nitrogens is 2. The van der Waals surface area contributed by atoms with Crippen molar-refractivity contribution in [2.75, 3.05) is 0 Å². The lowest BCUT2D eigenvalue weighted by molar-refractivity contribution is 0.587. The van der Waals surface area contributed by atoms with Gasteiger partial charge in [-0.3, -0.25) is 4.98 Å². The van der Waals surface area contributed by atoms with E-state index in [4.69, 9.17) is 0 Å². The number of halogens is 2. The summed E-state index contributed by atoms with van der Waals surface area (Å²) in [5.74, 6) is -0.645. The van der Waals surface area contributed by atoms with Crippen LogP contribution in [0.1, 0.15) is 11.4 Å². The molecule has 3 aromatic rings. The van der Waals surface area contributed by atoms with E-state index in [9.17, 15) is 8.78 Å². The van der Waals surface area contributed by atoms with Crippen LogP contribution in [0.4, 0.5) is 8.78 Å². The molecule has 2 aromatic heterocycles. The number of pyridine rings is 1. The highest BCUT2D eigenvalue weighted by molar-refractivity contribution is 5.81. The molecule has 0 saturated heterocycles. The lowest BCUT2D eigenvalue weighted by atomic mass is 10.2. The van der Waals surface area contributed by atoms with Gasteiger partial charge in [0.15, 0.2) is 0 Å². The SMILES string of the molecule is Cc1cc2ccc(F)cc2n1Cc1ncccc1F. The van der Waals surface area contributed by atoms with Crippen molar-refractivity contribution in [2.45, 2.75) is 13.5 Å². The highest BCUT2D eigenvalue weighted by Crippen LogP contribution is 2.22. The number of rotatable bonds is 2. The van der Waals surface area contributed by atoms with E-state index < -0.39 is 0 Å². The van der Waals surface area contributed by atoms with Gasteiger partial charge >= 0.3 is 0 Å². The smallest absolute Gasteiger partial charge is 0.146 e. The van der Waals surface area contributed by atoms with Crippen LogP contribution in [-0.2, 0) is 6.54 Å². The number of aryl methyl sites for hydroxylation is 1. The summed E-state index contributed by atoms with van der Waals surface area (Å²) in [5.41, 5.74) is 2.06. The quantitative estimate of drug-likeness (QED) is 0.685. The maximum atomic E-state index is 13.6. The average molecular weight is 258 g/mol. The van der Waals surface area contributed by atoms with E-state index in [1.165, 1.54) is 18.2 Å². The lowest BCUT2D eigenvalue weighted by Gasteiger charge is -2.08. The molecule has 2 nitrogen and oxygen atoms in total. The maximum Gasteiger partial charge on any atom is 0.146 e. The fourth-order valence-corrected chi connectivity index (χ4v) is 2.26. The zero-order valence-electron chi connectivity index (χ0n) is 10.4. The summed E-state index contributed by atoms with van der Waals surface area (Å²) in [6.45, 7) is 2.21. The predicted molar refractivity (Wildman–Crippen MR) is 69.9 cm³/mol. The van der Waals surface area contributed by atoms with Crippen molar-refractivity contribution in [3.63, 3.8) is 0 Å². The summed E-state index contributed by atoms with van der Waals surface area (Å²) in [5, 5.41) is 0.940. The van der Waals surface area contributed by atoms with E-state index in [2.05, 4.69) is 4.98 Å². The lowest BCUT2D eigenvalue weighted by Crippen LogP contribution is -2.05. The molecule has 0 aliphatic carbocycles. The zero-order chi connectivity index (χ0) is 13.4. The third-order valence-electron chi connectivity index (χ3n) is 3.22. The third-order valence-corrected chi connectivity index (χ3v) is 3.22. The van der Waals surface area contributed by atoms with Gasteiger partial charge in [0.2, 0.25) is 0 Å². The van der Waals surface area contributed by atoms with Gasteiger partial charge in [-0.1, -0.05) is 0 Å². The molecule has 0 aliphatic heterocycles. The zero-order valence-corrected chi connectivity index (χ0v) is 10.4. The normalized spacial score (nSPS) is 11.1. The van der Waals surface area contributed by atoms with E-state index >= 15 is 0 Å². The summed E-state index contributed by atoms with van der Waals surface area (Å²) in [7, 11) is 0. The molecule has 0 fully saturated rings. The minimum absolute atomic E-state index is 0.297. The van der Waals surface area contributed by atoms with Gasteiger partial charge in [0.05, 0.1) is 17.8 Å². The van der Waals surface area contributed by atoms with Crippen molar-refractivity contribution in [2.24, 2.45) is 0 Å². The molecule has 0 radical (unpaired) electrons. The summed E-state index contributed by atoms with van der Waals surface area (Å²) in [6.07, 6.45) is 1.56. The molecule has 19 heavy (non-hydrogen) atoms. The first-order chi connectivity index (χ1) is 9.15. The summed E-state index contributed by atoms with van der Waals surface area (Å²) in [4.78, 5) is 4.03. The van der Waals surface area contributed by atoms with Crippen LogP contribution in [0.5, 0.6) is 0 Å². The molecule has 0 N–H and O–H groups in total. The molecule has 0 saturated carbocycles. The van der Waals surface area contributed by atoms with Gasteiger partial charge in [0.25, 0.3) is 0 Å². The van der Waals surface area contributed by atoms with Gasteiger partial charge in [0, 0.05) is 17.3 Å². The molecule has 0 atom stereocenters. The Kier molecular flexibility index (Phi) is 2.78. The average Bonchev–Trinajstić information content (AvgIpc) is 2.69. The number of hydrogen-bond acceptors (Lipinski definition) is 1. The van der Waals surface area contributed by atoms with Gasteiger partial charge in [-0.2, -0.15) is 0 Å². The van der Waals surface area contributed by atoms with Gasteiger partial charge < -0.3 is 4.57 Å². The molecule has 1 aromatic carbocycles. The standard InChI is InChI=1S/C15H12F2N2/c1-10-7-11-4-5-12(16)8-15(11)19(10)9-14-13(17)3-2-6-18-14/h2-8H,9H2,1H3. The molecule has 2 heterocycles. The van der Waals surface area contributed by atoms with Crippen LogP contribution in [0.3, 0.4) is 0 Å². The first-order valence-corrected chi connectivity index (χ1v) is 6.00. The van der Waals surface area contributed by atoms with Crippen LogP contribution >= 0.6 is 0 Å². The fourth-order valence-electron chi connectivity index (χ4n) is 2.26. The van der Waals surface area contributed by atoms with E-state index in [1.54, 1.807) is 18.3 Å². The van der Waals surface area contributed by atoms with Crippen LogP contribution in [0.25, 0.3) is 10.9 Å². The molecule has 0 spiro atoms. The second-order valence-corrected chi connectivity index (χ2v) is 4.51. The largest absolute Gasteiger partial charge is 0.339 e. The molecule has 0 unspecified atom stereocenters. The second kappa shape index (κ2) is 4.46. The Morgan fingerprint density at radius 1 is 1.16 bits per heavy atom. The number of fused-ring (bicyclic) bond motifs is 1. The molecule has 0 aliphatic rings. The van der Waals surface area contributed by atoms with Crippen molar-refractivity contribution in [3.05, 3.63) is 65.6 Å². The van der Waals surface area contributed by atoms with Gasteiger partial charge in [0.1, 0.15) is 11.6 Å². The minimum Gasteiger partial charge on any atom is -0.339 e. The Labute approximate surface area is 109 Å². The molecule has 0 amide bonds. The van der Waals surface area contributed by atoms with Gasteiger partial charge in [-0.25, -0.2) is 8.78 Å². The topological polar surface area (TPSA) is 17.8 Å². The first-order valence-electron chi connectivity index (χ1n) is 6.00. The van der Waals surface area contributed by atoms with Gasteiger partial charge in [-0.15, -0.1) is 0 Å². The highest BCUT2D eigenvalue weighted by Gasteiger charge is 2.10. The van der Waals surface area contributed by atoms with Crippen molar-refractivity contribution in [1.82, 2.24) is 9.55 Å². The molecular formula is C15H12F2N2. The van der Waals surface area contributed by atoms with E-state index in [1.807, 2.05) is 17.6 Å². The Morgan fingerprint density at radius 3 is 2.79 bits per heavy atom. The molecule has 3 rings (SSSR count). The molecule has 0 bridgehead atoms. The summed E-state index contributed by atoms with van der Waals surface area (Å²) < 4.78 is 28.8. The monoisotopic (exact) mass is 258 g/mol. The van der Waals surface area contributed by atoms with Crippen LogP contribution < -0.4 is 0 Å². The van der Waals surface area contributed by atoms with E-state index in [0.717, 1.165) is 16.6 Å². The van der Waals surface area contributed by atoms with Crippen LogP contribution in [0.15, 0.2) is 42.6 Å². The van der Waals surface area contributed by atoms with Crippen LogP contribution in [-0.4, -0.2) is 9.55 Å². The highest BCUT2D eigenvalue weighted by atomic mass is 19.1. The van der Waals surface area contributed by atoms with Gasteiger partial charge in [-0.05, 0) is 43.3 Å². The van der Waals surface area contributed by atoms with Crippen molar-refractivity contribution >= 4 is 10.9 Å². The Bertz CT molecular complexity index is 747. The van der Waals surface area contributed by atoms with Crippen molar-refractivity contribution in [1.29, 1.82) is 0 Å². The number of nitrogens with zero attached hydrogens (tertiary/aromatic N) is 2. The van der Waals surface area contributed by atoms with Crippen molar-refractivity contribution < 1.29 is 8.78 Å². The Hall–Kier alpha value is -2.23. The number of hydrogen-bond donors (Lipinski definition) is 0. The second-order valence-electron chi connectivity index (χ2n) is 4.51. The molecule has 4 heteroatoms. The minimum atomic E-state index is -0.347. The van der Waals surface area contributed by atoms with Crippen LogP contribution in [0.2, 0.25) is 0 Å². The predicted octanol–water partition coefficient (Wildman–Crippen LogP) is 3.67. The number of benzene rings is 1. The van der Waals surface area contributed by atoms with E-state index in [0.29, 0.717) is 12.2 Å². The summed E-state index contributed by atoms with van der Waals surface area (Å²) in [6, 6.07) is 9.50. The van der Waals surface area contributed by atoms with Crippen LogP contribution in [0, 0.1) is 18.6 Å². The van der Waals surface area contributed by atoms with Crippen molar-refractivity contribution in [3.8, 4) is 0 Å². The first kappa shape index (κ1) is 11.8.